The first-order chi connectivity index (χ1) is 17.5. The van der Waals surface area contributed by atoms with E-state index in [4.69, 9.17) is 14.2 Å². The van der Waals surface area contributed by atoms with Crippen LogP contribution in [0.1, 0.15) is 86.5 Å². The van der Waals surface area contributed by atoms with E-state index in [-0.39, 0.29) is 31.8 Å². The molecule has 0 atom stereocenters. The molecule has 0 aromatic carbocycles. The first-order valence-electron chi connectivity index (χ1n) is 13.7. The van der Waals surface area contributed by atoms with Gasteiger partial charge in [-0.3, -0.25) is 4.79 Å². The molecule has 1 N–H and O–H groups in total. The Balaban J connectivity index is 0.000000645. The highest BCUT2D eigenvalue weighted by Crippen LogP contribution is 2.24. The molecular weight excluding hydrogens is 476 g/mol. The molecule has 3 amide bonds. The van der Waals surface area contributed by atoms with Gasteiger partial charge in [0.25, 0.3) is 5.91 Å². The molecular formula is C27H48N4O6. The number of likely N-dealkylation sites (tertiary alicyclic amines) is 1. The van der Waals surface area contributed by atoms with Gasteiger partial charge in [0, 0.05) is 39.0 Å². The van der Waals surface area contributed by atoms with Gasteiger partial charge in [0.05, 0.1) is 19.3 Å². The zero-order valence-corrected chi connectivity index (χ0v) is 23.8. The number of carbonyl (C=O) groups excluding carboxylic acids is 3. The van der Waals surface area contributed by atoms with Crippen LogP contribution in [-0.2, 0) is 19.0 Å². The first kappa shape index (κ1) is 32.5. The predicted octanol–water partition coefficient (Wildman–Crippen LogP) is 4.48. The van der Waals surface area contributed by atoms with E-state index in [9.17, 15) is 19.6 Å². The Labute approximate surface area is 223 Å². The third-order valence-electron chi connectivity index (χ3n) is 6.41. The summed E-state index contributed by atoms with van der Waals surface area (Å²) in [7, 11) is 0. The number of nitriles is 1. The summed E-state index contributed by atoms with van der Waals surface area (Å²) in [5.41, 5.74) is -1.74. The number of alkyl carbamates (subject to hydrolysis) is 1. The van der Waals surface area contributed by atoms with Crippen molar-refractivity contribution in [1.82, 2.24) is 15.1 Å². The van der Waals surface area contributed by atoms with E-state index in [0.717, 1.165) is 5.92 Å². The van der Waals surface area contributed by atoms with Crippen molar-refractivity contribution in [3.63, 3.8) is 0 Å². The molecule has 1 aliphatic carbocycles. The van der Waals surface area contributed by atoms with Crippen molar-refractivity contribution < 1.29 is 28.6 Å². The molecule has 0 aromatic heterocycles. The van der Waals surface area contributed by atoms with Crippen molar-refractivity contribution in [2.75, 3.05) is 46.0 Å². The van der Waals surface area contributed by atoms with Gasteiger partial charge < -0.3 is 29.3 Å². The highest BCUT2D eigenvalue weighted by molar-refractivity contribution is 5.80. The smallest absolute Gasteiger partial charge is 0.410 e. The summed E-state index contributed by atoms with van der Waals surface area (Å²) in [4.78, 5) is 39.3. The predicted molar refractivity (Wildman–Crippen MR) is 141 cm³/mol. The minimum atomic E-state index is -1.14. The molecule has 0 unspecified atom stereocenters. The van der Waals surface area contributed by atoms with Gasteiger partial charge in [-0.25, -0.2) is 9.59 Å². The van der Waals surface area contributed by atoms with Crippen LogP contribution in [0, 0.1) is 17.2 Å². The third-order valence-corrected chi connectivity index (χ3v) is 6.41. The second kappa shape index (κ2) is 16.3. The molecule has 2 aliphatic heterocycles. The minimum absolute atomic E-state index is 0.245. The van der Waals surface area contributed by atoms with Crippen molar-refractivity contribution in [3.8, 4) is 6.07 Å². The summed E-state index contributed by atoms with van der Waals surface area (Å²) < 4.78 is 15.5. The van der Waals surface area contributed by atoms with Gasteiger partial charge in [0.15, 0.2) is 6.61 Å². The molecule has 3 aliphatic rings. The summed E-state index contributed by atoms with van der Waals surface area (Å²) in [6.45, 7) is 13.7. The number of amides is 3. The Kier molecular flexibility index (Phi) is 14.3. The van der Waals surface area contributed by atoms with Gasteiger partial charge in [-0.2, -0.15) is 5.26 Å². The molecule has 2 heterocycles. The summed E-state index contributed by atoms with van der Waals surface area (Å²) in [5.74, 6) is 0.734. The number of nitrogens with one attached hydrogen (secondary N) is 1. The average molecular weight is 525 g/mol. The lowest BCUT2D eigenvalue weighted by Gasteiger charge is -2.37. The number of carbonyl (C=O) groups is 3. The highest BCUT2D eigenvalue weighted by atomic mass is 16.6. The quantitative estimate of drug-likeness (QED) is 0.578. The van der Waals surface area contributed by atoms with Gasteiger partial charge in [0.1, 0.15) is 11.1 Å². The fourth-order valence-corrected chi connectivity index (χ4v) is 4.23. The second-order valence-corrected chi connectivity index (χ2v) is 10.6. The molecule has 10 heteroatoms. The Bertz CT molecular complexity index is 741. The number of ether oxygens (including phenoxy) is 3. The molecule has 0 bridgehead atoms. The lowest BCUT2D eigenvalue weighted by atomic mass is 9.89. The second-order valence-electron chi connectivity index (χ2n) is 10.6. The standard InChI is InChI=1S/C18H28N4O6.C7H14.C2H6/c1-17(2,3)28-16(25)22-6-4-18(13-19,5-7-22)20-15(24)27-12-14(23)21-8-10-26-11-9-21;1-7-5-3-2-4-6-7;1-2/h4-12H2,1-3H3,(H,20,24);7H,2-6H2,1H3;1-2H3. The molecule has 37 heavy (non-hydrogen) atoms. The molecule has 3 fully saturated rings. The number of hydrogen-bond acceptors (Lipinski definition) is 7. The number of morpholine rings is 1. The number of piperidine rings is 1. The van der Waals surface area contributed by atoms with Crippen LogP contribution in [0.2, 0.25) is 0 Å². The summed E-state index contributed by atoms with van der Waals surface area (Å²) >= 11 is 0. The van der Waals surface area contributed by atoms with E-state index in [1.54, 1.807) is 25.7 Å². The summed E-state index contributed by atoms with van der Waals surface area (Å²) in [6, 6.07) is 2.10. The Morgan fingerprint density at radius 2 is 1.57 bits per heavy atom. The first-order valence-corrected chi connectivity index (χ1v) is 13.7. The average Bonchev–Trinajstić information content (AvgIpc) is 2.89. The van der Waals surface area contributed by atoms with E-state index in [2.05, 4.69) is 18.3 Å². The van der Waals surface area contributed by atoms with Crippen LogP contribution >= 0.6 is 0 Å². The van der Waals surface area contributed by atoms with Crippen molar-refractivity contribution in [2.24, 2.45) is 5.92 Å². The van der Waals surface area contributed by atoms with Gasteiger partial charge in [-0.1, -0.05) is 52.9 Å². The van der Waals surface area contributed by atoms with Crippen LogP contribution in [0.4, 0.5) is 9.59 Å². The number of nitrogens with zero attached hydrogens (tertiary/aromatic N) is 3. The SMILES string of the molecule is CC.CC(C)(C)OC(=O)N1CCC(C#N)(NC(=O)OCC(=O)N2CCOCC2)CC1.CC1CCCCC1. The van der Waals surface area contributed by atoms with E-state index >= 15 is 0 Å². The number of rotatable bonds is 3. The number of hydrogen-bond donors (Lipinski definition) is 1. The topological polar surface area (TPSA) is 121 Å². The maximum absolute atomic E-state index is 12.1. The van der Waals surface area contributed by atoms with Crippen LogP contribution in [0.3, 0.4) is 0 Å². The van der Waals surface area contributed by atoms with Crippen molar-refractivity contribution in [1.29, 1.82) is 5.26 Å². The van der Waals surface area contributed by atoms with Crippen LogP contribution in [-0.4, -0.2) is 85.0 Å². The normalized spacial score (nSPS) is 19.6. The van der Waals surface area contributed by atoms with Crippen molar-refractivity contribution >= 4 is 18.1 Å². The third kappa shape index (κ3) is 12.5. The fraction of sp³-hybridized carbons (Fsp3) is 0.852. The largest absolute Gasteiger partial charge is 0.444 e. The molecule has 0 aromatic rings. The maximum atomic E-state index is 12.1. The van der Waals surface area contributed by atoms with E-state index in [1.165, 1.54) is 37.0 Å². The fourth-order valence-electron chi connectivity index (χ4n) is 4.23. The van der Waals surface area contributed by atoms with E-state index < -0.39 is 29.9 Å². The summed E-state index contributed by atoms with van der Waals surface area (Å²) in [5, 5.41) is 12.1. The Morgan fingerprint density at radius 3 is 2.03 bits per heavy atom. The zero-order chi connectivity index (χ0) is 27.9. The lowest BCUT2D eigenvalue weighted by molar-refractivity contribution is -0.138. The molecule has 0 radical (unpaired) electrons. The van der Waals surface area contributed by atoms with Crippen LogP contribution in [0.25, 0.3) is 0 Å². The Morgan fingerprint density at radius 1 is 1.00 bits per heavy atom. The maximum Gasteiger partial charge on any atom is 0.410 e. The molecule has 3 rings (SSSR count). The van der Waals surface area contributed by atoms with Crippen LogP contribution in [0.15, 0.2) is 0 Å². The summed E-state index contributed by atoms with van der Waals surface area (Å²) in [6.07, 6.45) is 6.66. The highest BCUT2D eigenvalue weighted by Gasteiger charge is 2.39. The molecule has 212 valence electrons. The Hall–Kier alpha value is -2.54. The van der Waals surface area contributed by atoms with Crippen LogP contribution < -0.4 is 5.32 Å². The van der Waals surface area contributed by atoms with Crippen molar-refractivity contribution in [2.45, 2.75) is 97.6 Å². The zero-order valence-electron chi connectivity index (χ0n) is 23.8. The minimum Gasteiger partial charge on any atom is -0.444 e. The monoisotopic (exact) mass is 524 g/mol. The molecule has 0 spiro atoms. The van der Waals surface area contributed by atoms with Gasteiger partial charge >= 0.3 is 12.2 Å². The molecule has 1 saturated carbocycles. The lowest BCUT2D eigenvalue weighted by Crippen LogP contribution is -2.56. The van der Waals surface area contributed by atoms with Gasteiger partial charge in [-0.15, -0.1) is 0 Å². The van der Waals surface area contributed by atoms with Gasteiger partial charge in [0.2, 0.25) is 0 Å². The van der Waals surface area contributed by atoms with Crippen LogP contribution in [0.5, 0.6) is 0 Å². The van der Waals surface area contributed by atoms with Gasteiger partial charge in [-0.05, 0) is 26.7 Å². The van der Waals surface area contributed by atoms with E-state index in [1.807, 2.05) is 13.8 Å². The molecule has 10 nitrogen and oxygen atoms in total. The molecule has 2 saturated heterocycles. The van der Waals surface area contributed by atoms with Crippen molar-refractivity contribution in [3.05, 3.63) is 0 Å². The van der Waals surface area contributed by atoms with E-state index in [0.29, 0.717) is 26.3 Å².